The lowest BCUT2D eigenvalue weighted by Gasteiger charge is -2.35. The summed E-state index contributed by atoms with van der Waals surface area (Å²) in [5, 5.41) is 2.75. The summed E-state index contributed by atoms with van der Waals surface area (Å²) in [5.41, 5.74) is -0.377. The summed E-state index contributed by atoms with van der Waals surface area (Å²) < 4.78 is 19.6. The van der Waals surface area contributed by atoms with E-state index in [1.165, 1.54) is 6.07 Å². The van der Waals surface area contributed by atoms with Crippen LogP contribution in [0.5, 0.6) is 0 Å². The van der Waals surface area contributed by atoms with Crippen LogP contribution < -0.4 is 5.32 Å². The molecule has 16 heavy (non-hydrogen) atoms. The van der Waals surface area contributed by atoms with Crippen LogP contribution in [0.3, 0.4) is 0 Å². The molecule has 0 aliphatic carbocycles. The fraction of sp³-hybridized carbons (Fsp3) is 0.364. The molecule has 1 aliphatic rings. The van der Waals surface area contributed by atoms with Crippen LogP contribution in [0.2, 0.25) is 0 Å². The highest BCUT2D eigenvalue weighted by atomic mass is 79.9. The van der Waals surface area contributed by atoms with Gasteiger partial charge in [0.1, 0.15) is 12.4 Å². The lowest BCUT2D eigenvalue weighted by Crippen LogP contribution is -2.53. The van der Waals surface area contributed by atoms with E-state index in [-0.39, 0.29) is 24.9 Å². The predicted octanol–water partition coefficient (Wildman–Crippen LogP) is 1.95. The summed E-state index contributed by atoms with van der Waals surface area (Å²) in [5.74, 6) is -0.579. The summed E-state index contributed by atoms with van der Waals surface area (Å²) in [6, 6.07) is 4.64. The Labute approximate surface area is 101 Å². The summed E-state index contributed by atoms with van der Waals surface area (Å²) in [4.78, 5) is 11.3. The van der Waals surface area contributed by atoms with Gasteiger partial charge in [-0.25, -0.2) is 4.39 Å². The molecule has 1 amide bonds. The smallest absolute Gasteiger partial charge is 0.246 e. The molecule has 1 heterocycles. The molecule has 1 aliphatic heterocycles. The first-order valence-electron chi connectivity index (χ1n) is 4.85. The van der Waals surface area contributed by atoms with Crippen molar-refractivity contribution in [2.75, 3.05) is 13.2 Å². The van der Waals surface area contributed by atoms with Crippen molar-refractivity contribution in [3.8, 4) is 0 Å². The molecule has 3 nitrogen and oxygen atoms in total. The van der Waals surface area contributed by atoms with Crippen molar-refractivity contribution < 1.29 is 13.9 Å². The molecular weight excluding hydrogens is 277 g/mol. The van der Waals surface area contributed by atoms with Crippen molar-refractivity contribution in [2.24, 2.45) is 0 Å². The zero-order valence-electron chi connectivity index (χ0n) is 8.72. The average Bonchev–Trinajstić information content (AvgIpc) is 2.21. The van der Waals surface area contributed by atoms with Gasteiger partial charge in [0, 0.05) is 10.0 Å². The highest BCUT2D eigenvalue weighted by molar-refractivity contribution is 9.10. The molecule has 0 unspecified atom stereocenters. The van der Waals surface area contributed by atoms with Crippen LogP contribution in [0.1, 0.15) is 12.5 Å². The van der Waals surface area contributed by atoms with E-state index in [1.807, 2.05) is 0 Å². The molecular formula is C11H11BrFNO2. The molecule has 1 aromatic carbocycles. The van der Waals surface area contributed by atoms with Gasteiger partial charge in [0.25, 0.3) is 0 Å². The minimum Gasteiger partial charge on any atom is -0.369 e. The van der Waals surface area contributed by atoms with Crippen molar-refractivity contribution in [3.63, 3.8) is 0 Å². The van der Waals surface area contributed by atoms with E-state index < -0.39 is 5.54 Å². The van der Waals surface area contributed by atoms with Gasteiger partial charge in [-0.15, -0.1) is 0 Å². The van der Waals surface area contributed by atoms with E-state index in [2.05, 4.69) is 21.2 Å². The van der Waals surface area contributed by atoms with Crippen LogP contribution >= 0.6 is 15.9 Å². The number of hydrogen-bond acceptors (Lipinski definition) is 2. The van der Waals surface area contributed by atoms with Gasteiger partial charge in [0.05, 0.1) is 12.1 Å². The van der Waals surface area contributed by atoms with Crippen LogP contribution in [0.25, 0.3) is 0 Å². The Hall–Kier alpha value is -0.940. The summed E-state index contributed by atoms with van der Waals surface area (Å²) in [6.07, 6.45) is 0. The number of benzene rings is 1. The first-order valence-corrected chi connectivity index (χ1v) is 5.65. The lowest BCUT2D eigenvalue weighted by molar-refractivity contribution is -0.135. The minimum absolute atomic E-state index is 0.0329. The van der Waals surface area contributed by atoms with Crippen LogP contribution in [0.4, 0.5) is 4.39 Å². The van der Waals surface area contributed by atoms with Crippen molar-refractivity contribution in [1.82, 2.24) is 5.32 Å². The topological polar surface area (TPSA) is 38.3 Å². The highest BCUT2D eigenvalue weighted by Crippen LogP contribution is 2.28. The molecule has 1 aromatic rings. The highest BCUT2D eigenvalue weighted by Gasteiger charge is 2.35. The van der Waals surface area contributed by atoms with Crippen molar-refractivity contribution in [2.45, 2.75) is 12.5 Å². The van der Waals surface area contributed by atoms with Crippen molar-refractivity contribution in [1.29, 1.82) is 0 Å². The molecule has 0 radical (unpaired) electrons. The maximum atomic E-state index is 13.7. The number of ether oxygens (including phenoxy) is 1. The zero-order valence-corrected chi connectivity index (χ0v) is 10.3. The first-order chi connectivity index (χ1) is 7.51. The van der Waals surface area contributed by atoms with E-state index in [0.717, 1.165) is 4.47 Å². The molecule has 1 atom stereocenters. The molecule has 2 rings (SSSR count). The Morgan fingerprint density at radius 3 is 3.00 bits per heavy atom. The zero-order chi connectivity index (χ0) is 11.8. The van der Waals surface area contributed by atoms with Crippen LogP contribution in [0.15, 0.2) is 22.7 Å². The number of morpholine rings is 1. The molecule has 1 N–H and O–H groups in total. The van der Waals surface area contributed by atoms with Crippen LogP contribution in [0, 0.1) is 5.82 Å². The quantitative estimate of drug-likeness (QED) is 0.857. The second kappa shape index (κ2) is 4.14. The van der Waals surface area contributed by atoms with Gasteiger partial charge in [-0.1, -0.05) is 15.9 Å². The summed E-state index contributed by atoms with van der Waals surface area (Å²) >= 11 is 3.28. The second-order valence-corrected chi connectivity index (χ2v) is 4.91. The normalized spacial score (nSPS) is 25.3. The maximum Gasteiger partial charge on any atom is 0.246 e. The van der Waals surface area contributed by atoms with Crippen LogP contribution in [-0.2, 0) is 15.1 Å². The number of hydrogen-bond donors (Lipinski definition) is 1. The molecule has 1 saturated heterocycles. The number of carbonyl (C=O) groups excluding carboxylic acids is 1. The molecule has 86 valence electrons. The van der Waals surface area contributed by atoms with Gasteiger partial charge >= 0.3 is 0 Å². The molecule has 0 spiro atoms. The molecule has 5 heteroatoms. The van der Waals surface area contributed by atoms with Crippen molar-refractivity contribution in [3.05, 3.63) is 34.1 Å². The standard InChI is InChI=1S/C11H11BrFNO2/c1-11(6-16-5-10(15)14-11)8-4-7(12)2-3-9(8)13/h2-4H,5-6H2,1H3,(H,14,15)/t11-/m0/s1. The monoisotopic (exact) mass is 287 g/mol. The molecule has 0 bridgehead atoms. The van der Waals surface area contributed by atoms with Gasteiger partial charge in [0.15, 0.2) is 0 Å². The number of nitrogens with one attached hydrogen (secondary N) is 1. The number of amides is 1. The third-order valence-electron chi connectivity index (χ3n) is 2.56. The van der Waals surface area contributed by atoms with E-state index in [4.69, 9.17) is 4.74 Å². The van der Waals surface area contributed by atoms with E-state index in [0.29, 0.717) is 5.56 Å². The Balaban J connectivity index is 2.41. The fourth-order valence-electron chi connectivity index (χ4n) is 1.79. The van der Waals surface area contributed by atoms with Gasteiger partial charge in [-0.05, 0) is 25.1 Å². The number of halogens is 2. The predicted molar refractivity (Wildman–Crippen MR) is 60.4 cm³/mol. The van der Waals surface area contributed by atoms with E-state index >= 15 is 0 Å². The molecule has 0 aromatic heterocycles. The Morgan fingerprint density at radius 1 is 1.56 bits per heavy atom. The second-order valence-electron chi connectivity index (χ2n) is 4.00. The number of rotatable bonds is 1. The molecule has 0 saturated carbocycles. The van der Waals surface area contributed by atoms with Crippen LogP contribution in [-0.4, -0.2) is 19.1 Å². The Kier molecular flexibility index (Phi) is 2.99. The number of carbonyl (C=O) groups is 1. The minimum atomic E-state index is -0.802. The van der Waals surface area contributed by atoms with Gasteiger partial charge < -0.3 is 10.1 Å². The third kappa shape index (κ3) is 2.10. The maximum absolute atomic E-state index is 13.7. The van der Waals surface area contributed by atoms with Gasteiger partial charge in [-0.3, -0.25) is 4.79 Å². The first kappa shape index (κ1) is 11.5. The summed E-state index contributed by atoms with van der Waals surface area (Å²) in [7, 11) is 0. The van der Waals surface area contributed by atoms with Gasteiger partial charge in [0.2, 0.25) is 5.91 Å². The SMILES string of the molecule is C[C@@]1(c2cc(Br)ccc2F)COCC(=O)N1. The Bertz CT molecular complexity index is 438. The fourth-order valence-corrected chi connectivity index (χ4v) is 2.15. The third-order valence-corrected chi connectivity index (χ3v) is 3.06. The Morgan fingerprint density at radius 2 is 2.31 bits per heavy atom. The van der Waals surface area contributed by atoms with Crippen molar-refractivity contribution >= 4 is 21.8 Å². The largest absolute Gasteiger partial charge is 0.369 e. The van der Waals surface area contributed by atoms with E-state index in [1.54, 1.807) is 19.1 Å². The molecule has 1 fully saturated rings. The average molecular weight is 288 g/mol. The summed E-state index contributed by atoms with van der Waals surface area (Å²) in [6.45, 7) is 2.05. The van der Waals surface area contributed by atoms with Gasteiger partial charge in [-0.2, -0.15) is 0 Å². The van der Waals surface area contributed by atoms with E-state index in [9.17, 15) is 9.18 Å². The lowest BCUT2D eigenvalue weighted by atomic mass is 9.91.